The SMILES string of the molecule is CN(C)CCN1CCCC12CCCN(C(=O)c1cccnc1)C2.O=C(O)C(F)(F)F.O=C(O)C(F)(F)F. The third-order valence-corrected chi connectivity index (χ3v) is 5.79. The number of likely N-dealkylation sites (tertiary alicyclic amines) is 2. The molecule has 2 fully saturated rings. The van der Waals surface area contributed by atoms with Gasteiger partial charge in [-0.15, -0.1) is 0 Å². The lowest BCUT2D eigenvalue weighted by Crippen LogP contribution is -2.57. The predicted molar refractivity (Wildman–Crippen MR) is 119 cm³/mol. The van der Waals surface area contributed by atoms with E-state index >= 15 is 0 Å². The number of pyridine rings is 1. The van der Waals surface area contributed by atoms with E-state index in [9.17, 15) is 31.1 Å². The number of carbonyl (C=O) groups excluding carboxylic acids is 1. The zero-order chi connectivity index (χ0) is 28.4. The zero-order valence-electron chi connectivity index (χ0n) is 20.3. The third kappa shape index (κ3) is 10.5. The Labute approximate surface area is 209 Å². The molecular formula is C22H30F6N4O5. The highest BCUT2D eigenvalue weighted by Gasteiger charge is 2.44. The van der Waals surface area contributed by atoms with E-state index in [2.05, 4.69) is 33.8 Å². The molecule has 1 spiro atoms. The highest BCUT2D eigenvalue weighted by Crippen LogP contribution is 2.37. The molecule has 0 radical (unpaired) electrons. The van der Waals surface area contributed by atoms with Gasteiger partial charge in [0.05, 0.1) is 5.56 Å². The molecule has 9 nitrogen and oxygen atoms in total. The molecule has 1 aromatic heterocycles. The van der Waals surface area contributed by atoms with Gasteiger partial charge in [-0.25, -0.2) is 9.59 Å². The van der Waals surface area contributed by atoms with E-state index in [0.29, 0.717) is 5.56 Å². The lowest BCUT2D eigenvalue weighted by molar-refractivity contribution is -0.193. The van der Waals surface area contributed by atoms with E-state index < -0.39 is 24.3 Å². The normalized spacial score (nSPS) is 20.1. The van der Waals surface area contributed by atoms with Gasteiger partial charge in [-0.1, -0.05) is 0 Å². The molecule has 3 heterocycles. The van der Waals surface area contributed by atoms with E-state index in [1.54, 1.807) is 12.4 Å². The molecule has 3 rings (SSSR count). The van der Waals surface area contributed by atoms with Gasteiger partial charge in [-0.2, -0.15) is 26.3 Å². The minimum absolute atomic E-state index is 0.136. The number of amides is 1. The maximum atomic E-state index is 12.8. The second kappa shape index (κ2) is 13.6. The molecule has 2 aliphatic rings. The first-order valence-corrected chi connectivity index (χ1v) is 11.2. The van der Waals surface area contributed by atoms with Crippen LogP contribution < -0.4 is 0 Å². The summed E-state index contributed by atoms with van der Waals surface area (Å²) < 4.78 is 63.5. The van der Waals surface area contributed by atoms with Gasteiger partial charge in [0.15, 0.2) is 0 Å². The van der Waals surface area contributed by atoms with Crippen LogP contribution in [0.3, 0.4) is 0 Å². The number of alkyl halides is 6. The molecule has 0 aromatic carbocycles. The van der Waals surface area contributed by atoms with Crippen molar-refractivity contribution in [2.75, 3.05) is 46.8 Å². The number of nitrogens with zero attached hydrogens (tertiary/aromatic N) is 4. The van der Waals surface area contributed by atoms with Gasteiger partial charge in [0.1, 0.15) is 0 Å². The number of carbonyl (C=O) groups is 3. The van der Waals surface area contributed by atoms with Crippen LogP contribution in [-0.2, 0) is 9.59 Å². The number of aliphatic carboxylic acids is 2. The highest BCUT2D eigenvalue weighted by molar-refractivity contribution is 5.94. The first kappa shape index (κ1) is 32.1. The van der Waals surface area contributed by atoms with E-state index in [0.717, 1.165) is 32.6 Å². The molecule has 2 aliphatic heterocycles. The van der Waals surface area contributed by atoms with Gasteiger partial charge >= 0.3 is 24.3 Å². The van der Waals surface area contributed by atoms with Crippen LogP contribution >= 0.6 is 0 Å². The molecular weight excluding hydrogens is 514 g/mol. The topological polar surface area (TPSA) is 114 Å². The van der Waals surface area contributed by atoms with E-state index in [1.165, 1.54) is 25.8 Å². The minimum atomic E-state index is -5.08. The van der Waals surface area contributed by atoms with Crippen molar-refractivity contribution in [3.8, 4) is 0 Å². The number of likely N-dealkylation sites (N-methyl/N-ethyl adjacent to an activating group) is 1. The number of carboxylic acids is 2. The average Bonchev–Trinajstić information content (AvgIpc) is 3.18. The van der Waals surface area contributed by atoms with Crippen molar-refractivity contribution in [2.45, 2.75) is 43.6 Å². The maximum Gasteiger partial charge on any atom is 0.490 e. The van der Waals surface area contributed by atoms with Gasteiger partial charge in [0.25, 0.3) is 5.91 Å². The molecule has 1 unspecified atom stereocenters. The summed E-state index contributed by atoms with van der Waals surface area (Å²) in [6.07, 6.45) is -1.97. The van der Waals surface area contributed by atoms with Gasteiger partial charge in [-0.3, -0.25) is 14.7 Å². The number of aromatic nitrogens is 1. The fourth-order valence-corrected chi connectivity index (χ4v) is 4.08. The van der Waals surface area contributed by atoms with Crippen LogP contribution in [0.1, 0.15) is 36.0 Å². The molecule has 210 valence electrons. The molecule has 2 saturated heterocycles. The summed E-state index contributed by atoms with van der Waals surface area (Å²) in [5, 5.41) is 14.2. The fraction of sp³-hybridized carbons (Fsp3) is 0.636. The molecule has 0 aliphatic carbocycles. The summed E-state index contributed by atoms with van der Waals surface area (Å²) in [5.74, 6) is -5.38. The monoisotopic (exact) mass is 544 g/mol. The Balaban J connectivity index is 0.000000404. The summed E-state index contributed by atoms with van der Waals surface area (Å²) >= 11 is 0. The Morgan fingerprint density at radius 3 is 1.95 bits per heavy atom. The van der Waals surface area contributed by atoms with Gasteiger partial charge < -0.3 is 20.0 Å². The van der Waals surface area contributed by atoms with Crippen LogP contribution in [0.25, 0.3) is 0 Å². The summed E-state index contributed by atoms with van der Waals surface area (Å²) in [7, 11) is 4.25. The third-order valence-electron chi connectivity index (χ3n) is 5.79. The standard InChI is InChI=1S/C18H28N4O.2C2HF3O2/c1-20(2)12-13-22-11-5-8-18(22)7-4-10-21(15-18)17(23)16-6-3-9-19-14-16;2*3-2(4,5)1(6)7/h3,6,9,14H,4-5,7-8,10-13,15H2,1-2H3;2*(H,6,7). The molecule has 0 saturated carbocycles. The van der Waals surface area contributed by atoms with Crippen LogP contribution in [0.4, 0.5) is 26.3 Å². The molecule has 2 N–H and O–H groups in total. The molecule has 1 amide bonds. The average molecular weight is 544 g/mol. The summed E-state index contributed by atoms with van der Waals surface area (Å²) in [4.78, 5) is 41.6. The Morgan fingerprint density at radius 1 is 1.00 bits per heavy atom. The van der Waals surface area contributed by atoms with Gasteiger partial charge in [0.2, 0.25) is 0 Å². The van der Waals surface area contributed by atoms with E-state index in [4.69, 9.17) is 19.8 Å². The van der Waals surface area contributed by atoms with Crippen LogP contribution in [0.2, 0.25) is 0 Å². The Hall–Kier alpha value is -2.94. The number of hydrogen-bond acceptors (Lipinski definition) is 6. The quantitative estimate of drug-likeness (QED) is 0.557. The second-order valence-corrected chi connectivity index (χ2v) is 8.80. The predicted octanol–water partition coefficient (Wildman–Crippen LogP) is 2.98. The van der Waals surface area contributed by atoms with Crippen molar-refractivity contribution in [3.05, 3.63) is 30.1 Å². The second-order valence-electron chi connectivity index (χ2n) is 8.80. The van der Waals surface area contributed by atoms with E-state index in [1.807, 2.05) is 12.1 Å². The summed E-state index contributed by atoms with van der Waals surface area (Å²) in [6, 6.07) is 3.71. The van der Waals surface area contributed by atoms with Crippen LogP contribution in [-0.4, -0.2) is 112 Å². The van der Waals surface area contributed by atoms with Gasteiger partial charge in [-0.05, 0) is 58.5 Å². The Morgan fingerprint density at radius 2 is 1.51 bits per heavy atom. The van der Waals surface area contributed by atoms with Crippen molar-refractivity contribution in [1.29, 1.82) is 0 Å². The number of halogens is 6. The number of piperidine rings is 1. The number of rotatable bonds is 4. The van der Waals surface area contributed by atoms with Crippen molar-refractivity contribution in [1.82, 2.24) is 19.7 Å². The number of carboxylic acid groups (broad SMARTS) is 2. The molecule has 1 aromatic rings. The van der Waals surface area contributed by atoms with E-state index in [-0.39, 0.29) is 11.4 Å². The van der Waals surface area contributed by atoms with Crippen LogP contribution in [0.15, 0.2) is 24.5 Å². The Kier molecular flexibility index (Phi) is 11.8. The summed E-state index contributed by atoms with van der Waals surface area (Å²) in [5.41, 5.74) is 0.911. The maximum absolute atomic E-state index is 12.8. The first-order valence-electron chi connectivity index (χ1n) is 11.2. The molecule has 15 heteroatoms. The van der Waals surface area contributed by atoms with Crippen molar-refractivity contribution < 1.29 is 50.9 Å². The fourth-order valence-electron chi connectivity index (χ4n) is 4.08. The zero-order valence-corrected chi connectivity index (χ0v) is 20.3. The smallest absolute Gasteiger partial charge is 0.475 e. The van der Waals surface area contributed by atoms with Crippen molar-refractivity contribution in [3.63, 3.8) is 0 Å². The minimum Gasteiger partial charge on any atom is -0.475 e. The molecule has 0 bridgehead atoms. The van der Waals surface area contributed by atoms with Crippen molar-refractivity contribution >= 4 is 17.8 Å². The molecule has 1 atom stereocenters. The molecule has 37 heavy (non-hydrogen) atoms. The lowest BCUT2D eigenvalue weighted by atomic mass is 9.86. The van der Waals surface area contributed by atoms with Crippen LogP contribution in [0, 0.1) is 0 Å². The largest absolute Gasteiger partial charge is 0.490 e. The van der Waals surface area contributed by atoms with Crippen molar-refractivity contribution in [2.24, 2.45) is 0 Å². The lowest BCUT2D eigenvalue weighted by Gasteiger charge is -2.46. The highest BCUT2D eigenvalue weighted by atomic mass is 19.4. The van der Waals surface area contributed by atoms with Gasteiger partial charge in [0, 0.05) is 44.1 Å². The Bertz CT molecular complexity index is 874. The number of hydrogen-bond donors (Lipinski definition) is 2. The van der Waals surface area contributed by atoms with Crippen LogP contribution in [0.5, 0.6) is 0 Å². The summed E-state index contributed by atoms with van der Waals surface area (Å²) in [6.45, 7) is 5.09. The first-order chi connectivity index (χ1) is 17.0.